The van der Waals surface area contributed by atoms with Crippen molar-refractivity contribution in [3.8, 4) is 0 Å². The van der Waals surface area contributed by atoms with Gasteiger partial charge in [0.2, 0.25) is 0 Å². The smallest absolute Gasteiger partial charge is 0.332 e. The molecule has 19 heavy (non-hydrogen) atoms. The number of urea groups is 1. The Balaban J connectivity index is 2.19. The Kier molecular flexibility index (Phi) is 6.54. The first-order chi connectivity index (χ1) is 9.04. The molecule has 0 saturated carbocycles. The molecule has 1 saturated heterocycles. The largest absolute Gasteiger partial charge is 0.479 e. The first-order valence-corrected chi connectivity index (χ1v) is 6.31. The molecular weight excluding hydrogens is 254 g/mol. The maximum absolute atomic E-state index is 11.7. The minimum Gasteiger partial charge on any atom is -0.479 e. The second kappa shape index (κ2) is 7.93. The van der Waals surface area contributed by atoms with Crippen LogP contribution in [0.5, 0.6) is 0 Å². The number of carboxylic acids is 1. The fraction of sp³-hybridized carbons (Fsp3) is 0.818. The molecule has 0 unspecified atom stereocenters. The molecule has 1 fully saturated rings. The number of carbonyl (C=O) groups is 2. The van der Waals surface area contributed by atoms with E-state index in [0.29, 0.717) is 32.7 Å². The normalized spacial score (nSPS) is 18.1. The van der Waals surface area contributed by atoms with Gasteiger partial charge in [-0.2, -0.15) is 0 Å². The predicted molar refractivity (Wildman–Crippen MR) is 66.8 cm³/mol. The van der Waals surface area contributed by atoms with Gasteiger partial charge in [0.05, 0.1) is 6.61 Å². The van der Waals surface area contributed by atoms with E-state index in [0.717, 1.165) is 0 Å². The number of amides is 2. The van der Waals surface area contributed by atoms with Crippen LogP contribution >= 0.6 is 0 Å². The molecule has 0 aromatic rings. The van der Waals surface area contributed by atoms with Crippen LogP contribution in [0, 0.1) is 0 Å². The zero-order valence-electron chi connectivity index (χ0n) is 10.8. The first kappa shape index (κ1) is 15.7. The summed E-state index contributed by atoms with van der Waals surface area (Å²) in [6.07, 6.45) is -1.45. The number of hydrogen-bond acceptors (Lipinski definition) is 5. The highest BCUT2D eigenvalue weighted by Crippen LogP contribution is 2.01. The number of aliphatic carboxylic acids is 1. The second-order valence-electron chi connectivity index (χ2n) is 4.43. The van der Waals surface area contributed by atoms with E-state index in [9.17, 15) is 9.59 Å². The molecule has 110 valence electrons. The highest BCUT2D eigenvalue weighted by atomic mass is 16.4. The highest BCUT2D eigenvalue weighted by Gasteiger charge is 2.20. The number of rotatable bonds is 6. The van der Waals surface area contributed by atoms with Crippen molar-refractivity contribution in [2.75, 3.05) is 45.9 Å². The minimum atomic E-state index is -1.44. The number of carbonyl (C=O) groups excluding carboxylic acids is 1. The standard InChI is InChI=1S/C11H21N3O5/c15-8-7-13-3-5-14(6-4-13)11(19)12-2-1-9(16)10(17)18/h9,15-16H,1-8H2,(H,12,19)(H,17,18)/t9-/m0/s1. The molecule has 0 aliphatic carbocycles. The SMILES string of the molecule is O=C(O)[C@@H](O)CCNC(=O)N1CCN(CCO)CC1. The zero-order valence-corrected chi connectivity index (χ0v) is 10.8. The fourth-order valence-corrected chi connectivity index (χ4v) is 1.87. The molecule has 1 atom stereocenters. The average Bonchev–Trinajstić information content (AvgIpc) is 2.39. The molecule has 1 aliphatic heterocycles. The third-order valence-electron chi connectivity index (χ3n) is 3.05. The molecule has 8 heteroatoms. The quantitative estimate of drug-likeness (QED) is 0.452. The van der Waals surface area contributed by atoms with Crippen molar-refractivity contribution >= 4 is 12.0 Å². The number of piperazine rings is 1. The summed E-state index contributed by atoms with van der Waals surface area (Å²) < 4.78 is 0. The van der Waals surface area contributed by atoms with Crippen LogP contribution in [0.4, 0.5) is 4.79 Å². The van der Waals surface area contributed by atoms with E-state index in [1.807, 2.05) is 0 Å². The Bertz CT molecular complexity index is 305. The third-order valence-corrected chi connectivity index (χ3v) is 3.05. The molecule has 0 radical (unpaired) electrons. The average molecular weight is 275 g/mol. The summed E-state index contributed by atoms with van der Waals surface area (Å²) in [5.74, 6) is -1.29. The Hall–Kier alpha value is -1.38. The number of nitrogens with one attached hydrogen (secondary N) is 1. The number of aliphatic hydroxyl groups excluding tert-OH is 2. The van der Waals surface area contributed by atoms with Crippen LogP contribution in [0.25, 0.3) is 0 Å². The van der Waals surface area contributed by atoms with Crippen molar-refractivity contribution in [2.45, 2.75) is 12.5 Å². The van der Waals surface area contributed by atoms with Crippen molar-refractivity contribution in [1.82, 2.24) is 15.1 Å². The lowest BCUT2D eigenvalue weighted by Crippen LogP contribution is -2.52. The lowest BCUT2D eigenvalue weighted by molar-refractivity contribution is -0.146. The van der Waals surface area contributed by atoms with Gasteiger partial charge in [0.25, 0.3) is 0 Å². The van der Waals surface area contributed by atoms with Crippen molar-refractivity contribution in [2.24, 2.45) is 0 Å². The maximum Gasteiger partial charge on any atom is 0.332 e. The molecule has 0 aromatic heterocycles. The number of nitrogens with zero attached hydrogens (tertiary/aromatic N) is 2. The lowest BCUT2D eigenvalue weighted by Gasteiger charge is -2.34. The van der Waals surface area contributed by atoms with E-state index >= 15 is 0 Å². The van der Waals surface area contributed by atoms with Crippen LogP contribution in [-0.4, -0.2) is 89.1 Å². The van der Waals surface area contributed by atoms with Crippen LogP contribution in [0.1, 0.15) is 6.42 Å². The van der Waals surface area contributed by atoms with Crippen molar-refractivity contribution in [3.63, 3.8) is 0 Å². The van der Waals surface area contributed by atoms with Gasteiger partial charge in [-0.1, -0.05) is 0 Å². The molecule has 8 nitrogen and oxygen atoms in total. The molecule has 1 rings (SSSR count). The molecule has 2 amide bonds. The van der Waals surface area contributed by atoms with E-state index in [-0.39, 0.29) is 25.6 Å². The van der Waals surface area contributed by atoms with Gasteiger partial charge in [0, 0.05) is 45.7 Å². The number of β-amino-alcohol motifs (C(OH)–C–C–N with tert-alkyl or cyclic N) is 1. The van der Waals surface area contributed by atoms with Gasteiger partial charge in [-0.25, -0.2) is 9.59 Å². The van der Waals surface area contributed by atoms with E-state index in [2.05, 4.69) is 10.2 Å². The molecule has 0 aromatic carbocycles. The highest BCUT2D eigenvalue weighted by molar-refractivity contribution is 5.74. The van der Waals surface area contributed by atoms with Crippen LogP contribution in [0.3, 0.4) is 0 Å². The van der Waals surface area contributed by atoms with E-state index in [1.165, 1.54) is 0 Å². The van der Waals surface area contributed by atoms with E-state index in [1.54, 1.807) is 4.90 Å². The fourth-order valence-electron chi connectivity index (χ4n) is 1.87. The predicted octanol–water partition coefficient (Wildman–Crippen LogP) is -1.86. The molecular formula is C11H21N3O5. The summed E-state index contributed by atoms with van der Waals surface area (Å²) in [6, 6.07) is -0.249. The van der Waals surface area contributed by atoms with Gasteiger partial charge < -0.3 is 25.5 Å². The summed E-state index contributed by atoms with van der Waals surface area (Å²) in [7, 11) is 0. The molecule has 0 spiro atoms. The molecule has 1 heterocycles. The summed E-state index contributed by atoms with van der Waals surface area (Å²) in [4.78, 5) is 25.8. The summed E-state index contributed by atoms with van der Waals surface area (Å²) in [5, 5.41) is 28.9. The van der Waals surface area contributed by atoms with E-state index in [4.69, 9.17) is 15.3 Å². The van der Waals surface area contributed by atoms with Gasteiger partial charge in [-0.05, 0) is 0 Å². The number of hydrogen-bond donors (Lipinski definition) is 4. The Labute approximate surface area is 111 Å². The Morgan fingerprint density at radius 1 is 1.21 bits per heavy atom. The zero-order chi connectivity index (χ0) is 14.3. The van der Waals surface area contributed by atoms with Crippen LogP contribution in [0.2, 0.25) is 0 Å². The van der Waals surface area contributed by atoms with Crippen molar-refractivity contribution in [3.05, 3.63) is 0 Å². The molecule has 1 aliphatic rings. The monoisotopic (exact) mass is 275 g/mol. The van der Waals surface area contributed by atoms with Gasteiger partial charge in [-0.3, -0.25) is 4.90 Å². The summed E-state index contributed by atoms with van der Waals surface area (Å²) >= 11 is 0. The lowest BCUT2D eigenvalue weighted by atomic mass is 10.2. The topological polar surface area (TPSA) is 113 Å². The van der Waals surface area contributed by atoms with E-state index < -0.39 is 12.1 Å². The molecule has 4 N–H and O–H groups in total. The summed E-state index contributed by atoms with van der Waals surface area (Å²) in [6.45, 7) is 3.43. The van der Waals surface area contributed by atoms with Gasteiger partial charge in [0.15, 0.2) is 6.10 Å². The Morgan fingerprint density at radius 3 is 2.37 bits per heavy atom. The van der Waals surface area contributed by atoms with Crippen molar-refractivity contribution < 1.29 is 24.9 Å². The first-order valence-electron chi connectivity index (χ1n) is 6.31. The minimum absolute atomic E-state index is 0.00838. The van der Waals surface area contributed by atoms with Gasteiger partial charge >= 0.3 is 12.0 Å². The third kappa shape index (κ3) is 5.41. The molecule has 0 bridgehead atoms. The van der Waals surface area contributed by atoms with Crippen LogP contribution < -0.4 is 5.32 Å². The van der Waals surface area contributed by atoms with Crippen molar-refractivity contribution in [1.29, 1.82) is 0 Å². The number of carboxylic acid groups (broad SMARTS) is 1. The second-order valence-corrected chi connectivity index (χ2v) is 4.43. The van der Waals surface area contributed by atoms with Gasteiger partial charge in [-0.15, -0.1) is 0 Å². The number of aliphatic hydroxyl groups is 2. The summed E-state index contributed by atoms with van der Waals surface area (Å²) in [5.41, 5.74) is 0. The maximum atomic E-state index is 11.7. The van der Waals surface area contributed by atoms with Crippen LogP contribution in [-0.2, 0) is 4.79 Å². The van der Waals surface area contributed by atoms with Crippen LogP contribution in [0.15, 0.2) is 0 Å². The van der Waals surface area contributed by atoms with Gasteiger partial charge in [0.1, 0.15) is 0 Å². The Morgan fingerprint density at radius 2 is 1.84 bits per heavy atom.